The highest BCUT2D eigenvalue weighted by atomic mass is 32.1. The molecule has 2 aromatic heterocycles. The quantitative estimate of drug-likeness (QED) is 0.197. The van der Waals surface area contributed by atoms with E-state index in [4.69, 9.17) is 15.0 Å². The van der Waals surface area contributed by atoms with Gasteiger partial charge in [-0.15, -0.1) is 11.3 Å². The first-order valence-electron chi connectivity index (χ1n) is 17.2. The molecule has 0 radical (unpaired) electrons. The summed E-state index contributed by atoms with van der Waals surface area (Å²) in [5.41, 5.74) is 9.22. The third-order valence-corrected chi connectivity index (χ3v) is 13.3. The van der Waals surface area contributed by atoms with Gasteiger partial charge in [0.15, 0.2) is 17.5 Å². The second kappa shape index (κ2) is 9.68. The number of hydrogen-bond donors (Lipinski definition) is 0. The lowest BCUT2D eigenvalue weighted by Gasteiger charge is -2.61. The van der Waals surface area contributed by atoms with E-state index in [1.54, 1.807) is 11.1 Å². The van der Waals surface area contributed by atoms with Gasteiger partial charge in [-0.25, -0.2) is 15.0 Å². The lowest BCUT2D eigenvalue weighted by Crippen LogP contribution is -2.55. The van der Waals surface area contributed by atoms with Crippen molar-refractivity contribution < 1.29 is 0 Å². The highest BCUT2D eigenvalue weighted by molar-refractivity contribution is 7.25. The molecule has 7 aromatic rings. The standard InChI is InChI=1S/C43H33N3S/c1-2-9-27(10-3-1)40-44-41(46-42(45-40)33-13-8-16-38-39(33)32-12-5-7-15-37(32)47-38)28-17-18-36-34(24-28)31-11-4-6-14-35(31)43(36)29-20-25-19-26(22-29)23-30(43)21-25/h1-18,24-26,29-30H,19-23H2. The number of benzene rings is 5. The minimum Gasteiger partial charge on any atom is -0.208 e. The molecule has 2 heterocycles. The Hall–Kier alpha value is -4.67. The van der Waals surface area contributed by atoms with Gasteiger partial charge in [0, 0.05) is 42.3 Å². The molecular formula is C43H33N3S. The highest BCUT2D eigenvalue weighted by Gasteiger charge is 2.61. The maximum Gasteiger partial charge on any atom is 0.164 e. The predicted octanol–water partition coefficient (Wildman–Crippen LogP) is 11.0. The fraction of sp³-hybridized carbons (Fsp3) is 0.233. The first kappa shape index (κ1) is 26.4. The van der Waals surface area contributed by atoms with E-state index in [1.807, 2.05) is 17.4 Å². The van der Waals surface area contributed by atoms with Crippen molar-refractivity contribution in [1.82, 2.24) is 15.0 Å². The van der Waals surface area contributed by atoms with Crippen LogP contribution in [0.15, 0.2) is 115 Å². The zero-order chi connectivity index (χ0) is 30.7. The van der Waals surface area contributed by atoms with Crippen molar-refractivity contribution >= 4 is 31.5 Å². The summed E-state index contributed by atoms with van der Waals surface area (Å²) in [5, 5.41) is 2.47. The summed E-state index contributed by atoms with van der Waals surface area (Å²) >= 11 is 1.83. The zero-order valence-corrected chi connectivity index (χ0v) is 26.9. The number of aromatic nitrogens is 3. The molecule has 5 aromatic carbocycles. The summed E-state index contributed by atoms with van der Waals surface area (Å²) in [7, 11) is 0. The number of thiophene rings is 1. The smallest absolute Gasteiger partial charge is 0.164 e. The minimum atomic E-state index is 0.160. The van der Waals surface area contributed by atoms with Gasteiger partial charge in [0.1, 0.15) is 0 Å². The van der Waals surface area contributed by atoms with E-state index < -0.39 is 0 Å². The average molecular weight is 624 g/mol. The minimum absolute atomic E-state index is 0.160. The van der Waals surface area contributed by atoms with Crippen molar-refractivity contribution in [3.05, 3.63) is 126 Å². The molecule has 12 rings (SSSR count). The summed E-state index contributed by atoms with van der Waals surface area (Å²) in [6.07, 6.45) is 7.03. The SMILES string of the molecule is c1ccc(-c2nc(-c3ccc4c(c3)-c3ccccc3C43C4CC5CC(C4)CC3C5)nc(-c3cccc4sc5ccccc5c34)n2)cc1. The molecule has 0 aliphatic heterocycles. The van der Waals surface area contributed by atoms with Gasteiger partial charge in [-0.1, -0.05) is 97.1 Å². The molecule has 0 saturated heterocycles. The lowest BCUT2D eigenvalue weighted by atomic mass is 9.43. The van der Waals surface area contributed by atoms with Crippen LogP contribution in [0.1, 0.15) is 43.2 Å². The van der Waals surface area contributed by atoms with Crippen molar-refractivity contribution in [1.29, 1.82) is 0 Å². The van der Waals surface area contributed by atoms with Gasteiger partial charge in [0.2, 0.25) is 0 Å². The molecule has 226 valence electrons. The molecule has 0 amide bonds. The molecule has 4 heteroatoms. The van der Waals surface area contributed by atoms with Crippen LogP contribution in [0, 0.1) is 23.7 Å². The Morgan fingerprint density at radius 2 is 1.13 bits per heavy atom. The van der Waals surface area contributed by atoms with Gasteiger partial charge in [-0.3, -0.25) is 0 Å². The Bertz CT molecular complexity index is 2360. The van der Waals surface area contributed by atoms with Crippen molar-refractivity contribution in [2.75, 3.05) is 0 Å². The second-order valence-corrected chi connectivity index (χ2v) is 15.5. The molecule has 3 nitrogen and oxygen atoms in total. The highest BCUT2D eigenvalue weighted by Crippen LogP contribution is 2.69. The summed E-state index contributed by atoms with van der Waals surface area (Å²) < 4.78 is 2.53. The number of fused-ring (bicyclic) bond motifs is 6. The van der Waals surface area contributed by atoms with Gasteiger partial charge in [0.05, 0.1) is 0 Å². The van der Waals surface area contributed by atoms with Crippen LogP contribution in [0.5, 0.6) is 0 Å². The summed E-state index contributed by atoms with van der Waals surface area (Å²) in [4.78, 5) is 15.6. The van der Waals surface area contributed by atoms with E-state index in [-0.39, 0.29) is 5.41 Å². The zero-order valence-electron chi connectivity index (χ0n) is 26.1. The fourth-order valence-electron chi connectivity index (χ4n) is 10.6. The maximum atomic E-state index is 5.28. The van der Waals surface area contributed by atoms with Crippen LogP contribution in [0.3, 0.4) is 0 Å². The van der Waals surface area contributed by atoms with E-state index in [0.717, 1.165) is 52.0 Å². The van der Waals surface area contributed by atoms with Gasteiger partial charge >= 0.3 is 0 Å². The summed E-state index contributed by atoms with van der Waals surface area (Å²) in [5.74, 6) is 5.54. The van der Waals surface area contributed by atoms with E-state index in [9.17, 15) is 0 Å². The number of nitrogens with zero attached hydrogens (tertiary/aromatic N) is 3. The van der Waals surface area contributed by atoms with Gasteiger partial charge < -0.3 is 0 Å². The molecule has 47 heavy (non-hydrogen) atoms. The molecule has 4 fully saturated rings. The van der Waals surface area contributed by atoms with Crippen molar-refractivity contribution in [2.24, 2.45) is 23.7 Å². The van der Waals surface area contributed by atoms with Gasteiger partial charge in [0.25, 0.3) is 0 Å². The average Bonchev–Trinajstić information content (AvgIpc) is 3.64. The number of hydrogen-bond acceptors (Lipinski definition) is 4. The van der Waals surface area contributed by atoms with Crippen LogP contribution < -0.4 is 0 Å². The Balaban J connectivity index is 1.13. The van der Waals surface area contributed by atoms with E-state index in [2.05, 4.69) is 109 Å². The topological polar surface area (TPSA) is 38.7 Å². The molecule has 0 atom stereocenters. The second-order valence-electron chi connectivity index (χ2n) is 14.4. The Kier molecular flexibility index (Phi) is 5.44. The molecule has 4 saturated carbocycles. The van der Waals surface area contributed by atoms with Crippen LogP contribution in [-0.4, -0.2) is 15.0 Å². The molecule has 0 unspecified atom stereocenters. The van der Waals surface area contributed by atoms with Crippen molar-refractivity contribution in [3.63, 3.8) is 0 Å². The van der Waals surface area contributed by atoms with Crippen molar-refractivity contribution in [3.8, 4) is 45.3 Å². The molecule has 5 aliphatic carbocycles. The molecule has 5 aliphatic rings. The van der Waals surface area contributed by atoms with Crippen LogP contribution in [-0.2, 0) is 5.41 Å². The van der Waals surface area contributed by atoms with Gasteiger partial charge in [-0.2, -0.15) is 0 Å². The summed E-state index contributed by atoms with van der Waals surface area (Å²) in [6.45, 7) is 0. The largest absolute Gasteiger partial charge is 0.208 e. The van der Waals surface area contributed by atoms with Crippen LogP contribution >= 0.6 is 11.3 Å². The van der Waals surface area contributed by atoms with Crippen LogP contribution in [0.2, 0.25) is 0 Å². The molecule has 4 bridgehead atoms. The van der Waals surface area contributed by atoms with Gasteiger partial charge in [-0.05, 0) is 96.2 Å². The lowest BCUT2D eigenvalue weighted by molar-refractivity contribution is -0.0399. The molecular weight excluding hydrogens is 591 g/mol. The summed E-state index contributed by atoms with van der Waals surface area (Å²) in [6, 6.07) is 42.0. The fourth-order valence-corrected chi connectivity index (χ4v) is 11.7. The van der Waals surface area contributed by atoms with Crippen molar-refractivity contribution in [2.45, 2.75) is 37.5 Å². The first-order chi connectivity index (χ1) is 23.2. The monoisotopic (exact) mass is 623 g/mol. The van der Waals surface area contributed by atoms with E-state index in [0.29, 0.717) is 5.82 Å². The predicted molar refractivity (Wildman–Crippen MR) is 192 cm³/mol. The van der Waals surface area contributed by atoms with Crippen LogP contribution in [0.25, 0.3) is 65.5 Å². The Labute approximate surface area is 278 Å². The third kappa shape index (κ3) is 3.65. The Morgan fingerprint density at radius 1 is 0.489 bits per heavy atom. The van der Waals surface area contributed by atoms with E-state index >= 15 is 0 Å². The maximum absolute atomic E-state index is 5.28. The Morgan fingerprint density at radius 3 is 1.96 bits per heavy atom. The molecule has 1 spiro atoms. The third-order valence-electron chi connectivity index (χ3n) is 12.1. The molecule has 0 N–H and O–H groups in total. The van der Waals surface area contributed by atoms with E-state index in [1.165, 1.54) is 63.4 Å². The normalized spacial score (nSPS) is 25.1. The van der Waals surface area contributed by atoms with Crippen LogP contribution in [0.4, 0.5) is 0 Å². The first-order valence-corrected chi connectivity index (χ1v) is 18.0. The number of rotatable bonds is 3.